The Morgan fingerprint density at radius 2 is 2.28 bits per heavy atom. The Morgan fingerprint density at radius 1 is 1.40 bits per heavy atom. The Labute approximate surface area is 153 Å². The Balaban J connectivity index is 1.68. The van der Waals surface area contributed by atoms with E-state index in [-0.39, 0.29) is 5.57 Å². The average Bonchev–Trinajstić information content (AvgIpc) is 3.24. The van der Waals surface area contributed by atoms with E-state index in [0.29, 0.717) is 22.3 Å². The van der Waals surface area contributed by atoms with Crippen LogP contribution in [0.1, 0.15) is 16.2 Å². The van der Waals surface area contributed by atoms with Gasteiger partial charge in [0.1, 0.15) is 17.4 Å². The number of thiazole rings is 1. The summed E-state index contributed by atoms with van der Waals surface area (Å²) < 4.78 is 5.12. The van der Waals surface area contributed by atoms with E-state index in [1.165, 1.54) is 23.7 Å². The van der Waals surface area contributed by atoms with E-state index in [4.69, 9.17) is 21.3 Å². The number of aromatic nitrogens is 1. The zero-order valence-corrected chi connectivity index (χ0v) is 14.5. The highest BCUT2D eigenvalue weighted by molar-refractivity contribution is 7.15. The van der Waals surface area contributed by atoms with Crippen LogP contribution < -0.4 is 5.32 Å². The van der Waals surface area contributed by atoms with E-state index in [9.17, 15) is 4.79 Å². The maximum atomic E-state index is 12.2. The first kappa shape index (κ1) is 17.0. The van der Waals surface area contributed by atoms with Gasteiger partial charge < -0.3 is 4.42 Å². The molecule has 0 aliphatic rings. The number of anilines is 1. The van der Waals surface area contributed by atoms with Crippen LogP contribution in [-0.4, -0.2) is 10.9 Å². The second kappa shape index (κ2) is 7.79. The first-order valence-electron chi connectivity index (χ1n) is 7.30. The lowest BCUT2D eigenvalue weighted by Gasteiger charge is -2.00. The van der Waals surface area contributed by atoms with Crippen LogP contribution in [0, 0.1) is 11.3 Å². The van der Waals surface area contributed by atoms with Crippen LogP contribution >= 0.6 is 22.9 Å². The molecule has 0 radical (unpaired) electrons. The summed E-state index contributed by atoms with van der Waals surface area (Å²) in [4.78, 5) is 17.3. The number of carbonyl (C=O) groups is 1. The van der Waals surface area contributed by atoms with Crippen LogP contribution in [0.2, 0.25) is 5.02 Å². The smallest absolute Gasteiger partial charge is 0.268 e. The molecule has 0 bridgehead atoms. The minimum absolute atomic E-state index is 0.0541. The van der Waals surface area contributed by atoms with Gasteiger partial charge >= 0.3 is 0 Å². The van der Waals surface area contributed by atoms with E-state index in [1.54, 1.807) is 18.3 Å². The predicted molar refractivity (Wildman–Crippen MR) is 97.3 cm³/mol. The van der Waals surface area contributed by atoms with Gasteiger partial charge in [0.2, 0.25) is 0 Å². The first-order chi connectivity index (χ1) is 12.1. The molecule has 0 saturated heterocycles. The number of carbonyl (C=O) groups excluding carboxylic acids is 1. The van der Waals surface area contributed by atoms with Crippen LogP contribution in [0.3, 0.4) is 0 Å². The quantitative estimate of drug-likeness (QED) is 0.529. The van der Waals surface area contributed by atoms with Gasteiger partial charge in [-0.2, -0.15) is 5.26 Å². The van der Waals surface area contributed by atoms with Crippen molar-refractivity contribution in [2.75, 3.05) is 5.32 Å². The molecule has 2 heterocycles. The van der Waals surface area contributed by atoms with E-state index in [0.717, 1.165) is 10.4 Å². The molecule has 0 atom stereocenters. The van der Waals surface area contributed by atoms with E-state index in [2.05, 4.69) is 10.3 Å². The fourth-order valence-electron chi connectivity index (χ4n) is 2.12. The number of hydrogen-bond acceptors (Lipinski definition) is 5. The van der Waals surface area contributed by atoms with Gasteiger partial charge in [0.25, 0.3) is 5.91 Å². The second-order valence-electron chi connectivity index (χ2n) is 5.08. The van der Waals surface area contributed by atoms with Crippen LogP contribution in [0.5, 0.6) is 0 Å². The summed E-state index contributed by atoms with van der Waals surface area (Å²) in [6.07, 6.45) is 5.22. The molecule has 3 aromatic rings. The topological polar surface area (TPSA) is 78.9 Å². The number of amides is 1. The molecule has 3 rings (SSSR count). The number of benzene rings is 1. The molecule has 7 heteroatoms. The van der Waals surface area contributed by atoms with Gasteiger partial charge in [0.05, 0.1) is 6.26 Å². The third-order valence-corrected chi connectivity index (χ3v) is 4.38. The van der Waals surface area contributed by atoms with E-state index in [1.807, 2.05) is 30.3 Å². The number of halogens is 1. The number of rotatable bonds is 5. The summed E-state index contributed by atoms with van der Waals surface area (Å²) in [5.41, 5.74) is 1.01. The predicted octanol–water partition coefficient (Wildman–Crippen LogP) is 4.53. The summed E-state index contributed by atoms with van der Waals surface area (Å²) in [5, 5.41) is 12.9. The summed E-state index contributed by atoms with van der Waals surface area (Å²) in [6.45, 7) is 0. The van der Waals surface area contributed by atoms with Crippen LogP contribution in [-0.2, 0) is 11.2 Å². The average molecular weight is 370 g/mol. The zero-order valence-electron chi connectivity index (χ0n) is 12.9. The normalized spacial score (nSPS) is 11.1. The van der Waals surface area contributed by atoms with Gasteiger partial charge in [-0.15, -0.1) is 11.3 Å². The maximum absolute atomic E-state index is 12.2. The fraction of sp³-hybridized carbons (Fsp3) is 0.0556. The molecule has 1 aromatic carbocycles. The van der Waals surface area contributed by atoms with Crippen LogP contribution in [0.4, 0.5) is 5.13 Å². The molecule has 0 unspecified atom stereocenters. The third-order valence-electron chi connectivity index (χ3n) is 3.24. The Bertz CT molecular complexity index is 955. The molecule has 25 heavy (non-hydrogen) atoms. The van der Waals surface area contributed by atoms with Gasteiger partial charge in [-0.3, -0.25) is 10.1 Å². The Hall–Kier alpha value is -2.88. The Morgan fingerprint density at radius 3 is 3.00 bits per heavy atom. The second-order valence-corrected chi connectivity index (χ2v) is 6.63. The lowest BCUT2D eigenvalue weighted by Crippen LogP contribution is -2.13. The van der Waals surface area contributed by atoms with Gasteiger partial charge in [0, 0.05) is 28.6 Å². The van der Waals surface area contributed by atoms with Crippen molar-refractivity contribution in [2.24, 2.45) is 0 Å². The molecule has 0 aliphatic heterocycles. The molecular weight excluding hydrogens is 358 g/mol. The van der Waals surface area contributed by atoms with E-state index >= 15 is 0 Å². The molecule has 0 fully saturated rings. The van der Waals surface area contributed by atoms with Crippen molar-refractivity contribution in [2.45, 2.75) is 6.42 Å². The molecule has 1 amide bonds. The highest BCUT2D eigenvalue weighted by Crippen LogP contribution is 2.23. The lowest BCUT2D eigenvalue weighted by atomic mass is 10.1. The van der Waals surface area contributed by atoms with Crippen molar-refractivity contribution in [3.8, 4) is 6.07 Å². The molecule has 5 nitrogen and oxygen atoms in total. The van der Waals surface area contributed by atoms with Gasteiger partial charge in [0.15, 0.2) is 5.13 Å². The lowest BCUT2D eigenvalue weighted by molar-refractivity contribution is -0.112. The van der Waals surface area contributed by atoms with Crippen molar-refractivity contribution in [3.05, 3.63) is 75.7 Å². The maximum Gasteiger partial charge on any atom is 0.268 e. The standard InChI is InChI=1S/C18H12ClN3O2S/c19-14-4-1-3-12(7-14)8-16-11-21-18(25-16)22-17(23)13(10-20)9-15-5-2-6-24-15/h1-7,9,11H,8H2,(H,21,22,23). The monoisotopic (exact) mass is 369 g/mol. The molecule has 1 N–H and O–H groups in total. The van der Waals surface area contributed by atoms with Gasteiger partial charge in [-0.25, -0.2) is 4.98 Å². The number of nitrogens with zero attached hydrogens (tertiary/aromatic N) is 2. The van der Waals surface area contributed by atoms with Crippen LogP contribution in [0.15, 0.2) is 58.8 Å². The summed E-state index contributed by atoms with van der Waals surface area (Å²) >= 11 is 7.33. The van der Waals surface area contributed by atoms with Crippen molar-refractivity contribution >= 4 is 40.1 Å². The largest absolute Gasteiger partial charge is 0.465 e. The number of nitriles is 1. The number of furan rings is 1. The van der Waals surface area contributed by atoms with Gasteiger partial charge in [-0.05, 0) is 29.8 Å². The zero-order chi connectivity index (χ0) is 17.6. The number of hydrogen-bond donors (Lipinski definition) is 1. The molecule has 0 saturated carbocycles. The van der Waals surface area contributed by atoms with Crippen molar-refractivity contribution in [1.82, 2.24) is 4.98 Å². The summed E-state index contributed by atoms with van der Waals surface area (Å²) in [7, 11) is 0. The molecule has 2 aromatic heterocycles. The minimum atomic E-state index is -0.525. The fourth-order valence-corrected chi connectivity index (χ4v) is 3.18. The van der Waals surface area contributed by atoms with Crippen molar-refractivity contribution in [3.63, 3.8) is 0 Å². The van der Waals surface area contributed by atoms with Crippen molar-refractivity contribution < 1.29 is 9.21 Å². The highest BCUT2D eigenvalue weighted by atomic mass is 35.5. The van der Waals surface area contributed by atoms with Gasteiger partial charge in [-0.1, -0.05) is 23.7 Å². The highest BCUT2D eigenvalue weighted by Gasteiger charge is 2.13. The molecule has 124 valence electrons. The third kappa shape index (κ3) is 4.57. The van der Waals surface area contributed by atoms with Crippen molar-refractivity contribution in [1.29, 1.82) is 5.26 Å². The van der Waals surface area contributed by atoms with Crippen LogP contribution in [0.25, 0.3) is 6.08 Å². The number of nitrogens with one attached hydrogen (secondary N) is 1. The summed E-state index contributed by atoms with van der Waals surface area (Å²) in [5.74, 6) is -0.0879. The molecule has 0 spiro atoms. The minimum Gasteiger partial charge on any atom is -0.465 e. The SMILES string of the molecule is N#CC(=Cc1ccco1)C(=O)Nc1ncc(Cc2cccc(Cl)c2)s1. The van der Waals surface area contributed by atoms with E-state index < -0.39 is 5.91 Å². The first-order valence-corrected chi connectivity index (χ1v) is 8.49. The molecule has 0 aliphatic carbocycles. The molecular formula is C18H12ClN3O2S. The summed E-state index contributed by atoms with van der Waals surface area (Å²) in [6, 6.07) is 12.8. The Kier molecular flexibility index (Phi) is 5.29.